The molecule has 0 bridgehead atoms. The number of carbonyl (C=O) groups is 2. The number of para-hydroxylation sites is 1. The maximum atomic E-state index is 13.4. The van der Waals surface area contributed by atoms with Crippen molar-refractivity contribution in [3.05, 3.63) is 142 Å². The third-order valence-electron chi connectivity index (χ3n) is 6.56. The first-order chi connectivity index (χ1) is 19.5. The number of nitro groups is 1. The summed E-state index contributed by atoms with van der Waals surface area (Å²) in [6, 6.07) is 36.7. The molecule has 1 aromatic heterocycles. The van der Waals surface area contributed by atoms with Crippen LogP contribution in [0.4, 0.5) is 16.2 Å². The Bertz CT molecular complexity index is 1760. The topological polar surface area (TPSA) is 85.5 Å². The van der Waals surface area contributed by atoms with Crippen LogP contribution in [-0.4, -0.2) is 20.6 Å². The van der Waals surface area contributed by atoms with Crippen molar-refractivity contribution >= 4 is 40.4 Å². The predicted molar refractivity (Wildman–Crippen MR) is 158 cm³/mol. The lowest BCUT2D eigenvalue weighted by Gasteiger charge is -2.15. The van der Waals surface area contributed by atoms with Gasteiger partial charge < -0.3 is 4.57 Å². The molecule has 0 saturated carbocycles. The van der Waals surface area contributed by atoms with Crippen LogP contribution in [0.15, 0.2) is 126 Å². The summed E-state index contributed by atoms with van der Waals surface area (Å²) in [7, 11) is 0. The fourth-order valence-corrected chi connectivity index (χ4v) is 5.59. The van der Waals surface area contributed by atoms with Crippen molar-refractivity contribution in [2.24, 2.45) is 0 Å². The molecule has 2 heterocycles. The summed E-state index contributed by atoms with van der Waals surface area (Å²) in [5, 5.41) is 11.0. The van der Waals surface area contributed by atoms with E-state index in [1.165, 1.54) is 17.0 Å². The molecule has 0 spiro atoms. The Hall–Kier alpha value is -5.21. The van der Waals surface area contributed by atoms with Crippen molar-refractivity contribution in [1.29, 1.82) is 0 Å². The molecule has 6 rings (SSSR count). The van der Waals surface area contributed by atoms with E-state index in [1.807, 2.05) is 77.4 Å². The van der Waals surface area contributed by atoms with Crippen molar-refractivity contribution in [3.63, 3.8) is 0 Å². The molecule has 0 N–H and O–H groups in total. The summed E-state index contributed by atoms with van der Waals surface area (Å²) in [6.45, 7) is 0. The van der Waals surface area contributed by atoms with Gasteiger partial charge in [0, 0.05) is 23.4 Å². The zero-order valence-electron chi connectivity index (χ0n) is 21.0. The van der Waals surface area contributed by atoms with Crippen molar-refractivity contribution in [2.45, 2.75) is 0 Å². The minimum atomic E-state index is -0.427. The second-order valence-corrected chi connectivity index (χ2v) is 10.0. The van der Waals surface area contributed by atoms with Crippen LogP contribution in [0.3, 0.4) is 0 Å². The highest BCUT2D eigenvalue weighted by Crippen LogP contribution is 2.41. The Morgan fingerprint density at radius 2 is 1.27 bits per heavy atom. The number of hydrogen-bond donors (Lipinski definition) is 0. The summed E-state index contributed by atoms with van der Waals surface area (Å²) in [6.07, 6.45) is 1.75. The number of non-ortho nitro benzene ring substituents is 1. The van der Waals surface area contributed by atoms with Gasteiger partial charge in [0.25, 0.3) is 16.8 Å². The van der Waals surface area contributed by atoms with E-state index < -0.39 is 4.92 Å². The molecule has 1 aliphatic heterocycles. The van der Waals surface area contributed by atoms with Crippen LogP contribution < -0.4 is 4.90 Å². The van der Waals surface area contributed by atoms with Crippen molar-refractivity contribution in [1.82, 2.24) is 4.57 Å². The van der Waals surface area contributed by atoms with E-state index in [4.69, 9.17) is 0 Å². The van der Waals surface area contributed by atoms with Crippen LogP contribution in [-0.2, 0) is 4.79 Å². The van der Waals surface area contributed by atoms with E-state index in [-0.39, 0.29) is 16.8 Å². The van der Waals surface area contributed by atoms with Gasteiger partial charge >= 0.3 is 0 Å². The summed E-state index contributed by atoms with van der Waals surface area (Å²) in [5.74, 6) is -0.385. The lowest BCUT2D eigenvalue weighted by atomic mass is 10.1. The Balaban J connectivity index is 1.57. The standard InChI is InChI=1S/C32H21N3O4S/c36-31-29(40-32(37)34(31)25-14-8-3-9-15-25)21-24-20-28(22-10-4-1-5-11-22)33(30(24)23-12-6-2-7-13-23)26-16-18-27(19-17-26)35(38)39/h1-21H/b29-21+. The minimum absolute atomic E-state index is 0.00626. The second-order valence-electron chi connectivity index (χ2n) is 9.03. The number of aromatic nitrogens is 1. The molecule has 0 radical (unpaired) electrons. The van der Waals surface area contributed by atoms with E-state index in [2.05, 4.69) is 0 Å². The van der Waals surface area contributed by atoms with Crippen molar-refractivity contribution in [2.75, 3.05) is 4.90 Å². The van der Waals surface area contributed by atoms with E-state index in [1.54, 1.807) is 42.5 Å². The maximum absolute atomic E-state index is 13.4. The summed E-state index contributed by atoms with van der Waals surface area (Å²) in [5.41, 5.74) is 5.41. The van der Waals surface area contributed by atoms with Gasteiger partial charge in [-0.3, -0.25) is 19.7 Å². The molecule has 4 aromatic carbocycles. The van der Waals surface area contributed by atoms with Gasteiger partial charge in [0.1, 0.15) is 0 Å². The van der Waals surface area contributed by atoms with Crippen molar-refractivity contribution in [3.8, 4) is 28.2 Å². The van der Waals surface area contributed by atoms with Crippen LogP contribution in [0.2, 0.25) is 0 Å². The molecule has 1 fully saturated rings. The molecular weight excluding hydrogens is 522 g/mol. The van der Waals surface area contributed by atoms with Gasteiger partial charge in [0.05, 0.1) is 26.9 Å². The van der Waals surface area contributed by atoms with Crippen LogP contribution in [0, 0.1) is 10.1 Å². The predicted octanol–water partition coefficient (Wildman–Crippen LogP) is 7.96. The number of amides is 2. The number of anilines is 1. The minimum Gasteiger partial charge on any atom is -0.309 e. The number of rotatable bonds is 6. The quantitative estimate of drug-likeness (QED) is 0.123. The first kappa shape index (κ1) is 25.1. The van der Waals surface area contributed by atoms with Gasteiger partial charge in [-0.2, -0.15) is 0 Å². The average Bonchev–Trinajstić information content (AvgIpc) is 3.50. The third kappa shape index (κ3) is 4.61. The number of thioether (sulfide) groups is 1. The zero-order chi connectivity index (χ0) is 27.6. The van der Waals surface area contributed by atoms with Gasteiger partial charge in [-0.05, 0) is 59.3 Å². The molecule has 7 nitrogen and oxygen atoms in total. The lowest BCUT2D eigenvalue weighted by Crippen LogP contribution is -2.27. The van der Waals surface area contributed by atoms with Crippen molar-refractivity contribution < 1.29 is 14.5 Å². The molecule has 5 aromatic rings. The highest BCUT2D eigenvalue weighted by atomic mass is 32.2. The molecule has 40 heavy (non-hydrogen) atoms. The molecule has 0 unspecified atom stereocenters. The summed E-state index contributed by atoms with van der Waals surface area (Å²) in [4.78, 5) is 38.8. The number of imide groups is 1. The molecule has 1 aliphatic rings. The second kappa shape index (κ2) is 10.5. The fraction of sp³-hybridized carbons (Fsp3) is 0. The van der Waals surface area contributed by atoms with E-state index in [9.17, 15) is 19.7 Å². The maximum Gasteiger partial charge on any atom is 0.298 e. The van der Waals surface area contributed by atoms with Crippen LogP contribution in [0.5, 0.6) is 0 Å². The largest absolute Gasteiger partial charge is 0.309 e. The van der Waals surface area contributed by atoms with Gasteiger partial charge in [-0.1, -0.05) is 78.9 Å². The SMILES string of the molecule is O=C1S/C(=C/c2cc(-c3ccccc3)n(-c3ccc([N+](=O)[O-])cc3)c2-c2ccccc2)C(=O)N1c1ccccc1. The van der Waals surface area contributed by atoms with Crippen LogP contribution >= 0.6 is 11.8 Å². The van der Waals surface area contributed by atoms with Gasteiger partial charge in [0.2, 0.25) is 0 Å². The van der Waals surface area contributed by atoms with Gasteiger partial charge in [-0.15, -0.1) is 0 Å². The molecular formula is C32H21N3O4S. The number of hydrogen-bond acceptors (Lipinski definition) is 5. The highest BCUT2D eigenvalue weighted by molar-refractivity contribution is 8.19. The molecule has 0 atom stereocenters. The molecule has 2 amide bonds. The van der Waals surface area contributed by atoms with Gasteiger partial charge in [-0.25, -0.2) is 4.90 Å². The van der Waals surface area contributed by atoms with E-state index in [0.29, 0.717) is 10.6 Å². The number of nitrogens with zero attached hydrogens (tertiary/aromatic N) is 3. The first-order valence-corrected chi connectivity index (χ1v) is 13.3. The molecule has 194 valence electrons. The summed E-state index contributed by atoms with van der Waals surface area (Å²) < 4.78 is 2.03. The number of nitro benzene ring substituents is 1. The normalized spacial score (nSPS) is 14.2. The van der Waals surface area contributed by atoms with E-state index in [0.717, 1.165) is 45.5 Å². The lowest BCUT2D eigenvalue weighted by molar-refractivity contribution is -0.384. The Kier molecular flexibility index (Phi) is 6.59. The van der Waals surface area contributed by atoms with Gasteiger partial charge in [0.15, 0.2) is 0 Å². The zero-order valence-corrected chi connectivity index (χ0v) is 21.8. The highest BCUT2D eigenvalue weighted by Gasteiger charge is 2.36. The Morgan fingerprint density at radius 3 is 1.88 bits per heavy atom. The third-order valence-corrected chi connectivity index (χ3v) is 7.43. The molecule has 0 aliphatic carbocycles. The average molecular weight is 544 g/mol. The van der Waals surface area contributed by atoms with Crippen LogP contribution in [0.25, 0.3) is 34.3 Å². The smallest absolute Gasteiger partial charge is 0.298 e. The Morgan fingerprint density at radius 1 is 0.700 bits per heavy atom. The Labute approximate surface area is 234 Å². The van der Waals surface area contributed by atoms with Crippen LogP contribution in [0.1, 0.15) is 5.56 Å². The first-order valence-electron chi connectivity index (χ1n) is 12.5. The fourth-order valence-electron chi connectivity index (χ4n) is 4.75. The molecule has 8 heteroatoms. The monoisotopic (exact) mass is 543 g/mol. The number of benzene rings is 4. The molecule has 1 saturated heterocycles. The van der Waals surface area contributed by atoms with E-state index >= 15 is 0 Å². The number of carbonyl (C=O) groups excluding carboxylic acids is 2. The summed E-state index contributed by atoms with van der Waals surface area (Å²) >= 11 is 0.902.